The Hall–Kier alpha value is -0.990. The van der Waals surface area contributed by atoms with E-state index in [2.05, 4.69) is 4.98 Å². The SMILES string of the molecule is CS(=O)(=O)CCn1c(=S)[nH]c2sc3c(c2c1=O)CCC3. The molecule has 0 radical (unpaired) electrons. The molecule has 5 nitrogen and oxygen atoms in total. The van der Waals surface area contributed by atoms with Crippen LogP contribution in [0.5, 0.6) is 0 Å². The van der Waals surface area contributed by atoms with Crippen molar-refractivity contribution < 1.29 is 8.42 Å². The lowest BCUT2D eigenvalue weighted by atomic mass is 10.2. The van der Waals surface area contributed by atoms with E-state index in [1.165, 1.54) is 9.44 Å². The highest BCUT2D eigenvalue weighted by Gasteiger charge is 2.21. The van der Waals surface area contributed by atoms with E-state index in [0.717, 1.165) is 35.9 Å². The van der Waals surface area contributed by atoms with Gasteiger partial charge in [-0.25, -0.2) is 8.42 Å². The molecule has 8 heteroatoms. The fourth-order valence-corrected chi connectivity index (χ4v) is 4.71. The summed E-state index contributed by atoms with van der Waals surface area (Å²) in [5, 5.41) is 0.699. The first-order valence-electron chi connectivity index (χ1n) is 6.32. The van der Waals surface area contributed by atoms with Crippen molar-refractivity contribution in [1.29, 1.82) is 0 Å². The van der Waals surface area contributed by atoms with Gasteiger partial charge in [-0.3, -0.25) is 9.36 Å². The van der Waals surface area contributed by atoms with Crippen molar-refractivity contribution in [2.24, 2.45) is 0 Å². The lowest BCUT2D eigenvalue weighted by molar-refractivity contribution is 0.591. The average Bonchev–Trinajstić information content (AvgIpc) is 2.86. The van der Waals surface area contributed by atoms with Crippen LogP contribution in [-0.2, 0) is 29.2 Å². The number of nitrogens with one attached hydrogen (secondary N) is 1. The van der Waals surface area contributed by atoms with Crippen LogP contribution < -0.4 is 5.56 Å². The Labute approximate surface area is 125 Å². The summed E-state index contributed by atoms with van der Waals surface area (Å²) >= 11 is 6.77. The van der Waals surface area contributed by atoms with E-state index in [9.17, 15) is 13.2 Å². The van der Waals surface area contributed by atoms with Gasteiger partial charge in [-0.15, -0.1) is 11.3 Å². The van der Waals surface area contributed by atoms with Crippen molar-refractivity contribution >= 4 is 43.6 Å². The third-order valence-corrected chi connectivity index (χ3v) is 5.99. The molecule has 0 aromatic carbocycles. The van der Waals surface area contributed by atoms with Crippen molar-refractivity contribution in [2.45, 2.75) is 25.8 Å². The molecule has 1 aliphatic carbocycles. The lowest BCUT2D eigenvalue weighted by Crippen LogP contribution is -2.25. The zero-order chi connectivity index (χ0) is 14.5. The number of rotatable bonds is 3. The second-order valence-corrected chi connectivity index (χ2v) is 8.83. The van der Waals surface area contributed by atoms with Crippen LogP contribution in [0, 0.1) is 4.77 Å². The number of sulfone groups is 1. The van der Waals surface area contributed by atoms with Gasteiger partial charge in [-0.2, -0.15) is 0 Å². The van der Waals surface area contributed by atoms with Crippen molar-refractivity contribution in [2.75, 3.05) is 12.0 Å². The fourth-order valence-electron chi connectivity index (χ4n) is 2.57. The molecule has 0 saturated heterocycles. The Morgan fingerprint density at radius 2 is 2.15 bits per heavy atom. The van der Waals surface area contributed by atoms with Gasteiger partial charge in [0.05, 0.1) is 11.1 Å². The van der Waals surface area contributed by atoms with E-state index in [1.54, 1.807) is 11.3 Å². The van der Waals surface area contributed by atoms with Crippen LogP contribution in [-0.4, -0.2) is 30.0 Å². The van der Waals surface area contributed by atoms with Crippen LogP contribution in [0.1, 0.15) is 16.9 Å². The number of thiophene rings is 1. The molecule has 0 fully saturated rings. The molecule has 2 aromatic heterocycles. The lowest BCUT2D eigenvalue weighted by Gasteiger charge is -2.06. The molecular weight excluding hydrogens is 316 g/mol. The van der Waals surface area contributed by atoms with E-state index in [1.807, 2.05) is 0 Å². The summed E-state index contributed by atoms with van der Waals surface area (Å²) in [5.74, 6) is -0.0811. The summed E-state index contributed by atoms with van der Waals surface area (Å²) in [7, 11) is -3.12. The minimum Gasteiger partial charge on any atom is -0.323 e. The Bertz CT molecular complexity index is 902. The second-order valence-electron chi connectivity index (χ2n) is 5.08. The smallest absolute Gasteiger partial charge is 0.263 e. The number of hydrogen-bond acceptors (Lipinski definition) is 5. The van der Waals surface area contributed by atoms with Crippen molar-refractivity contribution in [3.63, 3.8) is 0 Å². The van der Waals surface area contributed by atoms with Crippen LogP contribution in [0.2, 0.25) is 0 Å². The molecule has 1 aliphatic rings. The highest BCUT2D eigenvalue weighted by atomic mass is 32.2. The number of fused-ring (bicyclic) bond motifs is 3. The van der Waals surface area contributed by atoms with Crippen molar-refractivity contribution in [3.8, 4) is 0 Å². The number of hydrogen-bond donors (Lipinski definition) is 1. The van der Waals surface area contributed by atoms with Crippen molar-refractivity contribution in [1.82, 2.24) is 9.55 Å². The maximum atomic E-state index is 12.6. The molecule has 0 saturated carbocycles. The monoisotopic (exact) mass is 330 g/mol. The summed E-state index contributed by atoms with van der Waals surface area (Å²) in [6.45, 7) is 0.105. The number of H-pyrrole nitrogens is 1. The van der Waals surface area contributed by atoms with Gasteiger partial charge in [-0.1, -0.05) is 0 Å². The molecule has 0 spiro atoms. The first-order chi connectivity index (χ1) is 9.37. The van der Waals surface area contributed by atoms with Crippen molar-refractivity contribution in [3.05, 3.63) is 25.6 Å². The third-order valence-electron chi connectivity index (χ3n) is 3.53. The van der Waals surface area contributed by atoms with Gasteiger partial charge in [0.15, 0.2) is 4.77 Å². The minimum absolute atomic E-state index is 0.0811. The molecule has 1 N–H and O–H groups in total. The molecule has 2 heterocycles. The van der Waals surface area contributed by atoms with Gasteiger partial charge in [-0.05, 0) is 37.0 Å². The second kappa shape index (κ2) is 4.78. The maximum absolute atomic E-state index is 12.6. The van der Waals surface area contributed by atoms with Gasteiger partial charge in [0, 0.05) is 17.7 Å². The molecule has 2 aromatic rings. The number of nitrogens with zero attached hydrogens (tertiary/aromatic N) is 1. The van der Waals surface area contributed by atoms with Gasteiger partial charge in [0.25, 0.3) is 5.56 Å². The van der Waals surface area contributed by atoms with E-state index in [4.69, 9.17) is 12.2 Å². The van der Waals surface area contributed by atoms with Crippen LogP contribution in [0.4, 0.5) is 0 Å². The highest BCUT2D eigenvalue weighted by Crippen LogP contribution is 2.34. The van der Waals surface area contributed by atoms with E-state index in [0.29, 0.717) is 10.2 Å². The maximum Gasteiger partial charge on any atom is 0.263 e. The third kappa shape index (κ3) is 2.36. The Balaban J connectivity index is 2.18. The van der Waals surface area contributed by atoms with Crippen LogP contribution in [0.25, 0.3) is 10.2 Å². The van der Waals surface area contributed by atoms with Gasteiger partial charge < -0.3 is 4.98 Å². The first-order valence-corrected chi connectivity index (χ1v) is 9.60. The van der Waals surface area contributed by atoms with Crippen LogP contribution in [0.15, 0.2) is 4.79 Å². The molecule has 0 bridgehead atoms. The molecule has 3 rings (SSSR count). The minimum atomic E-state index is -3.12. The predicted molar refractivity (Wildman–Crippen MR) is 83.0 cm³/mol. The quantitative estimate of drug-likeness (QED) is 0.869. The summed E-state index contributed by atoms with van der Waals surface area (Å²) in [4.78, 5) is 17.7. The summed E-state index contributed by atoms with van der Waals surface area (Å²) in [5.41, 5.74) is 0.959. The van der Waals surface area contributed by atoms with Crippen LogP contribution in [0.3, 0.4) is 0 Å². The summed E-state index contributed by atoms with van der Waals surface area (Å²) < 4.78 is 24.2. The predicted octanol–water partition coefficient (Wildman–Crippen LogP) is 1.65. The summed E-state index contributed by atoms with van der Waals surface area (Å²) in [6.07, 6.45) is 4.17. The zero-order valence-electron chi connectivity index (χ0n) is 10.9. The Kier molecular flexibility index (Phi) is 3.34. The molecule has 0 atom stereocenters. The van der Waals surface area contributed by atoms with E-state index in [-0.39, 0.29) is 17.9 Å². The fraction of sp³-hybridized carbons (Fsp3) is 0.500. The van der Waals surface area contributed by atoms with Gasteiger partial charge >= 0.3 is 0 Å². The molecule has 20 heavy (non-hydrogen) atoms. The first kappa shape index (κ1) is 14.0. The Morgan fingerprint density at radius 3 is 2.85 bits per heavy atom. The Morgan fingerprint density at radius 1 is 1.40 bits per heavy atom. The van der Waals surface area contributed by atoms with Gasteiger partial charge in [0.1, 0.15) is 14.7 Å². The summed E-state index contributed by atoms with van der Waals surface area (Å²) in [6, 6.07) is 0. The van der Waals surface area contributed by atoms with Crippen LogP contribution >= 0.6 is 23.6 Å². The standard InChI is InChI=1S/C12H14N2O3S3/c1-20(16,17)6-5-14-11(15)9-7-3-2-4-8(7)19-10(9)13-12(14)18/h2-6H2,1H3,(H,13,18). The number of aromatic amines is 1. The normalized spacial score (nSPS) is 14.8. The van der Waals surface area contributed by atoms with E-state index >= 15 is 0 Å². The molecule has 0 aliphatic heterocycles. The average molecular weight is 330 g/mol. The highest BCUT2D eigenvalue weighted by molar-refractivity contribution is 7.90. The molecule has 0 amide bonds. The number of aromatic nitrogens is 2. The molecule has 0 unspecified atom stereocenters. The van der Waals surface area contributed by atoms with Gasteiger partial charge in [0.2, 0.25) is 0 Å². The molecular formula is C12H14N2O3S3. The van der Waals surface area contributed by atoms with E-state index < -0.39 is 9.84 Å². The topological polar surface area (TPSA) is 71.9 Å². The number of aryl methyl sites for hydroxylation is 2. The molecule has 108 valence electrons. The largest absolute Gasteiger partial charge is 0.323 e. The zero-order valence-corrected chi connectivity index (χ0v) is 13.4.